The van der Waals surface area contributed by atoms with Gasteiger partial charge in [-0.3, -0.25) is 9.63 Å². The number of carbonyl (C=O) groups is 1. The van der Waals surface area contributed by atoms with Crippen LogP contribution in [0.3, 0.4) is 0 Å². The molecule has 0 saturated heterocycles. The SMILES string of the molecule is COc1ccccc1-c1nccc(CON[C@H](Cc2ccccc2)C(=O)O)n1. The molecule has 0 saturated carbocycles. The Morgan fingerprint density at radius 1 is 1.11 bits per heavy atom. The Hall–Kier alpha value is -3.29. The van der Waals surface area contributed by atoms with Crippen LogP contribution in [0.25, 0.3) is 11.4 Å². The molecule has 0 aliphatic heterocycles. The molecule has 0 fully saturated rings. The summed E-state index contributed by atoms with van der Waals surface area (Å²) in [7, 11) is 1.59. The van der Waals surface area contributed by atoms with Gasteiger partial charge in [-0.1, -0.05) is 42.5 Å². The number of hydrogen-bond donors (Lipinski definition) is 2. The average Bonchev–Trinajstić information content (AvgIpc) is 2.74. The fourth-order valence-electron chi connectivity index (χ4n) is 2.68. The number of nitrogens with zero attached hydrogens (tertiary/aromatic N) is 2. The zero-order chi connectivity index (χ0) is 19.8. The van der Waals surface area contributed by atoms with Gasteiger partial charge in [0.2, 0.25) is 0 Å². The average molecular weight is 379 g/mol. The molecular weight excluding hydrogens is 358 g/mol. The Kier molecular flexibility index (Phi) is 6.67. The van der Waals surface area contributed by atoms with Crippen LogP contribution in [0, 0.1) is 0 Å². The van der Waals surface area contributed by atoms with Gasteiger partial charge in [0.25, 0.3) is 0 Å². The number of benzene rings is 2. The van der Waals surface area contributed by atoms with Crippen molar-refractivity contribution in [2.24, 2.45) is 0 Å². The molecule has 1 atom stereocenters. The molecule has 0 amide bonds. The minimum atomic E-state index is -0.985. The van der Waals surface area contributed by atoms with Crippen LogP contribution in [0.1, 0.15) is 11.3 Å². The molecule has 1 aromatic heterocycles. The lowest BCUT2D eigenvalue weighted by atomic mass is 10.1. The van der Waals surface area contributed by atoms with Crippen molar-refractivity contribution in [1.82, 2.24) is 15.4 Å². The highest BCUT2D eigenvalue weighted by Crippen LogP contribution is 2.26. The zero-order valence-corrected chi connectivity index (χ0v) is 15.4. The van der Waals surface area contributed by atoms with E-state index >= 15 is 0 Å². The first-order valence-electron chi connectivity index (χ1n) is 8.76. The molecule has 2 N–H and O–H groups in total. The molecular formula is C21H21N3O4. The van der Waals surface area contributed by atoms with Crippen molar-refractivity contribution >= 4 is 5.97 Å². The maximum atomic E-state index is 11.5. The van der Waals surface area contributed by atoms with Gasteiger partial charge in [-0.2, -0.15) is 5.48 Å². The van der Waals surface area contributed by atoms with Gasteiger partial charge in [-0.05, 0) is 23.8 Å². The van der Waals surface area contributed by atoms with Gasteiger partial charge in [-0.25, -0.2) is 9.97 Å². The lowest BCUT2D eigenvalue weighted by Crippen LogP contribution is -2.38. The van der Waals surface area contributed by atoms with Crippen molar-refractivity contribution in [3.63, 3.8) is 0 Å². The fourth-order valence-corrected chi connectivity index (χ4v) is 2.68. The number of para-hydroxylation sites is 1. The molecule has 3 aromatic rings. The van der Waals surface area contributed by atoms with Gasteiger partial charge >= 0.3 is 5.97 Å². The van der Waals surface area contributed by atoms with E-state index in [2.05, 4.69) is 15.4 Å². The molecule has 2 aromatic carbocycles. The second-order valence-electron chi connectivity index (χ2n) is 6.06. The third-order valence-electron chi connectivity index (χ3n) is 4.09. The van der Waals surface area contributed by atoms with E-state index in [1.807, 2.05) is 54.6 Å². The Bertz CT molecular complexity index is 918. The first-order valence-corrected chi connectivity index (χ1v) is 8.76. The molecule has 28 heavy (non-hydrogen) atoms. The highest BCUT2D eigenvalue weighted by Gasteiger charge is 2.18. The zero-order valence-electron chi connectivity index (χ0n) is 15.4. The van der Waals surface area contributed by atoms with Gasteiger partial charge < -0.3 is 9.84 Å². The third-order valence-corrected chi connectivity index (χ3v) is 4.09. The quantitative estimate of drug-likeness (QED) is 0.552. The molecule has 0 bridgehead atoms. The van der Waals surface area contributed by atoms with Crippen molar-refractivity contribution in [2.75, 3.05) is 7.11 Å². The number of hydroxylamine groups is 1. The second kappa shape index (κ2) is 9.59. The van der Waals surface area contributed by atoms with Crippen molar-refractivity contribution in [3.8, 4) is 17.1 Å². The molecule has 0 aliphatic carbocycles. The molecule has 0 unspecified atom stereocenters. The monoisotopic (exact) mass is 379 g/mol. The number of nitrogens with one attached hydrogen (secondary N) is 1. The summed E-state index contributed by atoms with van der Waals surface area (Å²) >= 11 is 0. The molecule has 0 aliphatic rings. The highest BCUT2D eigenvalue weighted by atomic mass is 16.6. The number of ether oxygens (including phenoxy) is 1. The molecule has 1 heterocycles. The van der Waals surface area contributed by atoms with E-state index in [1.54, 1.807) is 19.4 Å². The van der Waals surface area contributed by atoms with Crippen LogP contribution >= 0.6 is 0 Å². The van der Waals surface area contributed by atoms with Gasteiger partial charge in [0.05, 0.1) is 18.4 Å². The first-order chi connectivity index (χ1) is 13.7. The summed E-state index contributed by atoms with van der Waals surface area (Å²) in [5.74, 6) is 0.200. The number of carboxylic acid groups (broad SMARTS) is 1. The highest BCUT2D eigenvalue weighted by molar-refractivity contribution is 5.73. The molecule has 7 heteroatoms. The number of aliphatic carboxylic acids is 1. The number of hydrogen-bond acceptors (Lipinski definition) is 6. The van der Waals surface area contributed by atoms with Crippen LogP contribution in [-0.4, -0.2) is 34.2 Å². The van der Waals surface area contributed by atoms with Gasteiger partial charge in [0.15, 0.2) is 5.82 Å². The summed E-state index contributed by atoms with van der Waals surface area (Å²) in [6, 6.07) is 17.7. The van der Waals surface area contributed by atoms with Gasteiger partial charge in [0, 0.05) is 12.6 Å². The van der Waals surface area contributed by atoms with E-state index in [0.29, 0.717) is 23.7 Å². The van der Waals surface area contributed by atoms with Crippen molar-refractivity contribution in [1.29, 1.82) is 0 Å². The van der Waals surface area contributed by atoms with Crippen LogP contribution in [0.4, 0.5) is 0 Å². The van der Waals surface area contributed by atoms with Crippen molar-refractivity contribution in [2.45, 2.75) is 19.1 Å². The van der Waals surface area contributed by atoms with Crippen LogP contribution in [0.5, 0.6) is 5.75 Å². The Balaban J connectivity index is 1.63. The van der Waals surface area contributed by atoms with Gasteiger partial charge in [-0.15, -0.1) is 0 Å². The third kappa shape index (κ3) is 5.12. The predicted octanol–water partition coefficient (Wildman–Crippen LogP) is 2.87. The Morgan fingerprint density at radius 3 is 2.61 bits per heavy atom. The van der Waals surface area contributed by atoms with E-state index in [-0.39, 0.29) is 6.61 Å². The molecule has 0 radical (unpaired) electrons. The maximum absolute atomic E-state index is 11.5. The molecule has 0 spiro atoms. The van der Waals surface area contributed by atoms with Crippen LogP contribution < -0.4 is 10.2 Å². The van der Waals surface area contributed by atoms with E-state index in [1.165, 1.54) is 0 Å². The first kappa shape index (κ1) is 19.5. The van der Waals surface area contributed by atoms with Crippen molar-refractivity contribution in [3.05, 3.63) is 78.1 Å². The fraction of sp³-hybridized carbons (Fsp3) is 0.190. The summed E-state index contributed by atoms with van der Waals surface area (Å²) in [6.45, 7) is 0.100. The Morgan fingerprint density at radius 2 is 1.86 bits per heavy atom. The minimum Gasteiger partial charge on any atom is -0.496 e. The second-order valence-corrected chi connectivity index (χ2v) is 6.06. The molecule has 144 valence electrons. The van der Waals surface area contributed by atoms with E-state index in [4.69, 9.17) is 9.57 Å². The van der Waals surface area contributed by atoms with Crippen LogP contribution in [0.2, 0.25) is 0 Å². The standard InChI is InChI=1S/C21H21N3O4/c1-27-19-10-6-5-9-17(19)20-22-12-11-16(23-20)14-28-24-18(21(25)26)13-15-7-3-2-4-8-15/h2-12,18,24H,13-14H2,1H3,(H,25,26)/t18-/m1/s1. The largest absolute Gasteiger partial charge is 0.496 e. The topological polar surface area (TPSA) is 93.6 Å². The Labute approximate surface area is 162 Å². The lowest BCUT2D eigenvalue weighted by molar-refractivity contribution is -0.144. The predicted molar refractivity (Wildman–Crippen MR) is 104 cm³/mol. The maximum Gasteiger partial charge on any atom is 0.323 e. The molecule has 7 nitrogen and oxygen atoms in total. The number of carboxylic acids is 1. The summed E-state index contributed by atoms with van der Waals surface area (Å²) in [6.07, 6.45) is 1.94. The lowest BCUT2D eigenvalue weighted by Gasteiger charge is -2.14. The number of aromatic nitrogens is 2. The smallest absolute Gasteiger partial charge is 0.323 e. The molecule has 3 rings (SSSR count). The number of rotatable bonds is 9. The summed E-state index contributed by atoms with van der Waals surface area (Å²) in [4.78, 5) is 25.6. The normalized spacial score (nSPS) is 11.8. The van der Waals surface area contributed by atoms with Crippen molar-refractivity contribution < 1.29 is 19.5 Å². The van der Waals surface area contributed by atoms with Crippen LogP contribution in [0.15, 0.2) is 66.9 Å². The summed E-state index contributed by atoms with van der Waals surface area (Å²) < 4.78 is 5.35. The summed E-state index contributed by atoms with van der Waals surface area (Å²) in [5, 5.41) is 9.40. The van der Waals surface area contributed by atoms with E-state index in [9.17, 15) is 9.90 Å². The van der Waals surface area contributed by atoms with E-state index < -0.39 is 12.0 Å². The minimum absolute atomic E-state index is 0.100. The number of methoxy groups -OCH3 is 1. The summed E-state index contributed by atoms with van der Waals surface area (Å²) in [5.41, 5.74) is 4.91. The van der Waals surface area contributed by atoms with Crippen LogP contribution in [-0.2, 0) is 22.7 Å². The van der Waals surface area contributed by atoms with E-state index in [0.717, 1.165) is 11.1 Å². The van der Waals surface area contributed by atoms with Gasteiger partial charge in [0.1, 0.15) is 18.4 Å².